The van der Waals surface area contributed by atoms with Crippen molar-refractivity contribution < 1.29 is 0 Å². The zero-order chi connectivity index (χ0) is 13.7. The van der Waals surface area contributed by atoms with Gasteiger partial charge in [0, 0.05) is 25.2 Å². The molecule has 2 heteroatoms. The van der Waals surface area contributed by atoms with Crippen LogP contribution in [0.5, 0.6) is 0 Å². The van der Waals surface area contributed by atoms with Crippen molar-refractivity contribution in [3.8, 4) is 0 Å². The van der Waals surface area contributed by atoms with Gasteiger partial charge in [-0.1, -0.05) is 27.2 Å². The fourth-order valence-corrected chi connectivity index (χ4v) is 3.23. The van der Waals surface area contributed by atoms with Gasteiger partial charge in [0.1, 0.15) is 0 Å². The lowest BCUT2D eigenvalue weighted by Crippen LogP contribution is -2.46. The predicted octanol–water partition coefficient (Wildman–Crippen LogP) is 3.51. The first-order chi connectivity index (χ1) is 8.43. The number of nitrogens with zero attached hydrogens (tertiary/aromatic N) is 1. The molecule has 2 nitrogen and oxygen atoms in total. The average Bonchev–Trinajstić information content (AvgIpc) is 2.30. The molecule has 3 atom stereocenters. The molecule has 3 unspecified atom stereocenters. The van der Waals surface area contributed by atoms with Gasteiger partial charge in [-0.25, -0.2) is 0 Å². The molecule has 0 aliphatic heterocycles. The predicted molar refractivity (Wildman–Crippen MR) is 80.6 cm³/mol. The summed E-state index contributed by atoms with van der Waals surface area (Å²) in [6, 6.07) is 1.07. The van der Waals surface area contributed by atoms with Gasteiger partial charge in [0.05, 0.1) is 0 Å². The second-order valence-corrected chi connectivity index (χ2v) is 6.95. The molecule has 0 bridgehead atoms. The van der Waals surface area contributed by atoms with Crippen molar-refractivity contribution in [2.45, 2.75) is 72.4 Å². The molecule has 0 amide bonds. The fourth-order valence-electron chi connectivity index (χ4n) is 3.23. The van der Waals surface area contributed by atoms with E-state index in [9.17, 15) is 0 Å². The first-order valence-corrected chi connectivity index (χ1v) is 7.93. The van der Waals surface area contributed by atoms with Gasteiger partial charge < -0.3 is 10.6 Å². The third-order valence-corrected chi connectivity index (χ3v) is 4.53. The second-order valence-electron chi connectivity index (χ2n) is 6.95. The van der Waals surface area contributed by atoms with Crippen LogP contribution in [0.25, 0.3) is 0 Å². The van der Waals surface area contributed by atoms with Crippen LogP contribution in [0.3, 0.4) is 0 Å². The molecule has 1 aliphatic rings. The molecule has 0 aromatic heterocycles. The monoisotopic (exact) mass is 254 g/mol. The van der Waals surface area contributed by atoms with Crippen molar-refractivity contribution >= 4 is 0 Å². The summed E-state index contributed by atoms with van der Waals surface area (Å²) in [5, 5.41) is 0. The first-order valence-electron chi connectivity index (χ1n) is 7.93. The lowest BCUT2D eigenvalue weighted by Gasteiger charge is -2.39. The molecule has 108 valence electrons. The van der Waals surface area contributed by atoms with Crippen molar-refractivity contribution in [3.63, 3.8) is 0 Å². The van der Waals surface area contributed by atoms with Crippen molar-refractivity contribution in [2.24, 2.45) is 23.5 Å². The molecular formula is C16H34N2. The Hall–Kier alpha value is -0.0800. The van der Waals surface area contributed by atoms with E-state index in [2.05, 4.69) is 39.5 Å². The maximum absolute atomic E-state index is 6.35. The molecule has 0 aromatic carbocycles. The van der Waals surface area contributed by atoms with Gasteiger partial charge in [-0.3, -0.25) is 0 Å². The smallest absolute Gasteiger partial charge is 0.00795 e. The highest BCUT2D eigenvalue weighted by Gasteiger charge is 2.29. The summed E-state index contributed by atoms with van der Waals surface area (Å²) in [5.41, 5.74) is 6.35. The molecule has 0 radical (unpaired) electrons. The molecule has 1 rings (SSSR count). The standard InChI is InChI=1S/C16H34N2/c1-6-14-7-8-16(17)15(9-14)11-18(13(4)5)10-12(2)3/h12-16H,6-11,17H2,1-5H3. The van der Waals surface area contributed by atoms with E-state index in [0.29, 0.717) is 18.0 Å². The SMILES string of the molecule is CCC1CCC(N)C(CN(CC(C)C)C(C)C)C1. The molecule has 0 saturated heterocycles. The van der Waals surface area contributed by atoms with Crippen LogP contribution < -0.4 is 5.73 Å². The summed E-state index contributed by atoms with van der Waals surface area (Å²) in [6.07, 6.45) is 5.25. The van der Waals surface area contributed by atoms with Crippen molar-refractivity contribution in [1.82, 2.24) is 4.90 Å². The van der Waals surface area contributed by atoms with Crippen LogP contribution in [0.15, 0.2) is 0 Å². The minimum absolute atomic E-state index is 0.432. The highest BCUT2D eigenvalue weighted by molar-refractivity contribution is 4.85. The van der Waals surface area contributed by atoms with Crippen LogP contribution in [0.4, 0.5) is 0 Å². The van der Waals surface area contributed by atoms with Gasteiger partial charge in [-0.05, 0) is 50.9 Å². The molecule has 2 N–H and O–H groups in total. The Labute approximate surface area is 114 Å². The number of hydrogen-bond donors (Lipinski definition) is 1. The molecule has 18 heavy (non-hydrogen) atoms. The van der Waals surface area contributed by atoms with Gasteiger partial charge in [0.15, 0.2) is 0 Å². The molecule has 0 aromatic rings. The summed E-state index contributed by atoms with van der Waals surface area (Å²) in [5.74, 6) is 2.38. The summed E-state index contributed by atoms with van der Waals surface area (Å²) in [6.45, 7) is 14.0. The molecule has 1 fully saturated rings. The lowest BCUT2D eigenvalue weighted by atomic mass is 9.77. The summed E-state index contributed by atoms with van der Waals surface area (Å²) in [7, 11) is 0. The average molecular weight is 254 g/mol. The molecule has 0 heterocycles. The third kappa shape index (κ3) is 4.89. The van der Waals surface area contributed by atoms with Crippen LogP contribution in [-0.4, -0.2) is 30.1 Å². The third-order valence-electron chi connectivity index (χ3n) is 4.53. The summed E-state index contributed by atoms with van der Waals surface area (Å²) in [4.78, 5) is 2.63. The zero-order valence-corrected chi connectivity index (χ0v) is 13.2. The van der Waals surface area contributed by atoms with E-state index in [4.69, 9.17) is 5.73 Å². The van der Waals surface area contributed by atoms with E-state index >= 15 is 0 Å². The van der Waals surface area contributed by atoms with Gasteiger partial charge in [0.2, 0.25) is 0 Å². The van der Waals surface area contributed by atoms with Gasteiger partial charge in [0.25, 0.3) is 0 Å². The topological polar surface area (TPSA) is 29.3 Å². The zero-order valence-electron chi connectivity index (χ0n) is 13.2. The Balaban J connectivity index is 2.55. The van der Waals surface area contributed by atoms with Crippen LogP contribution in [0.1, 0.15) is 60.3 Å². The first kappa shape index (κ1) is 16.0. The maximum atomic E-state index is 6.35. The van der Waals surface area contributed by atoms with Crippen LogP contribution in [0, 0.1) is 17.8 Å². The van der Waals surface area contributed by atoms with Crippen molar-refractivity contribution in [3.05, 3.63) is 0 Å². The summed E-state index contributed by atoms with van der Waals surface area (Å²) < 4.78 is 0. The number of nitrogens with two attached hydrogens (primary N) is 1. The highest BCUT2D eigenvalue weighted by atomic mass is 15.1. The van der Waals surface area contributed by atoms with Crippen LogP contribution >= 0.6 is 0 Å². The van der Waals surface area contributed by atoms with E-state index in [1.54, 1.807) is 0 Å². The van der Waals surface area contributed by atoms with Gasteiger partial charge in [-0.2, -0.15) is 0 Å². The Kier molecular flexibility index (Phi) is 6.65. The minimum Gasteiger partial charge on any atom is -0.327 e. The maximum Gasteiger partial charge on any atom is 0.00795 e. The number of rotatable bonds is 6. The van der Waals surface area contributed by atoms with Crippen molar-refractivity contribution in [1.29, 1.82) is 0 Å². The fraction of sp³-hybridized carbons (Fsp3) is 1.00. The molecular weight excluding hydrogens is 220 g/mol. The molecule has 1 aliphatic carbocycles. The Morgan fingerprint density at radius 3 is 2.33 bits per heavy atom. The van der Waals surface area contributed by atoms with Gasteiger partial charge >= 0.3 is 0 Å². The lowest BCUT2D eigenvalue weighted by molar-refractivity contribution is 0.121. The van der Waals surface area contributed by atoms with Crippen molar-refractivity contribution in [2.75, 3.05) is 13.1 Å². The largest absolute Gasteiger partial charge is 0.327 e. The highest BCUT2D eigenvalue weighted by Crippen LogP contribution is 2.31. The second kappa shape index (κ2) is 7.49. The molecule has 0 spiro atoms. The Bertz CT molecular complexity index is 225. The van der Waals surface area contributed by atoms with E-state index in [-0.39, 0.29) is 0 Å². The molecule has 1 saturated carbocycles. The van der Waals surface area contributed by atoms with E-state index < -0.39 is 0 Å². The van der Waals surface area contributed by atoms with Crippen LogP contribution in [0.2, 0.25) is 0 Å². The van der Waals surface area contributed by atoms with Gasteiger partial charge in [-0.15, -0.1) is 0 Å². The summed E-state index contributed by atoms with van der Waals surface area (Å²) >= 11 is 0. The number of hydrogen-bond acceptors (Lipinski definition) is 2. The quantitative estimate of drug-likeness (QED) is 0.786. The van der Waals surface area contributed by atoms with Crippen LogP contribution in [-0.2, 0) is 0 Å². The van der Waals surface area contributed by atoms with E-state index in [0.717, 1.165) is 11.8 Å². The Morgan fingerprint density at radius 2 is 1.83 bits per heavy atom. The minimum atomic E-state index is 0.432. The van der Waals surface area contributed by atoms with E-state index in [1.165, 1.54) is 38.8 Å². The normalized spacial score (nSPS) is 29.5. The van der Waals surface area contributed by atoms with E-state index in [1.807, 2.05) is 0 Å². The Morgan fingerprint density at radius 1 is 1.17 bits per heavy atom.